The number of aliphatic hydroxyl groups is 1. The van der Waals surface area contributed by atoms with Gasteiger partial charge in [0.1, 0.15) is 0 Å². The lowest BCUT2D eigenvalue weighted by atomic mass is 9.91. The standard InChI is InChI=1S/C33H38N4O6S2/c1-14-18(5-7-28(38)39)23(34-20(14)9-22-16(3)31(27-13-45-27)33(43)36-22)11-24-19(6-8-29(40)41)15(2)21(35-24)10-25-30(26-12-44-26)17(4)32(42)37-25/h9-11,16-17,22,26,30,34-35H,5-8,12-13H2,1-4H3,(H,36,43)(H,37,42)(H,38,39)(H,40,41)/p+2/b20-9+,23-11+,25-10-,31-27+/t16?,17-,22-,26+,30-/m1/s1. The lowest BCUT2D eigenvalue weighted by Gasteiger charge is -2.08. The van der Waals surface area contributed by atoms with E-state index in [9.17, 15) is 29.7 Å². The zero-order chi connectivity index (χ0) is 32.2. The van der Waals surface area contributed by atoms with Gasteiger partial charge in [0.2, 0.25) is 5.91 Å². The van der Waals surface area contributed by atoms with Crippen LogP contribution in [0.2, 0.25) is 0 Å². The summed E-state index contributed by atoms with van der Waals surface area (Å²) < 4.78 is 0. The number of hydrogen-bond acceptors (Lipinski definition) is 4. The first kappa shape index (κ1) is 31.3. The molecule has 3 fully saturated rings. The molecule has 0 bridgehead atoms. The molecule has 4 aliphatic rings. The average Bonchev–Trinajstić information content (AvgIpc) is 3.89. The van der Waals surface area contributed by atoms with Gasteiger partial charge in [-0.2, -0.15) is 0 Å². The summed E-state index contributed by atoms with van der Waals surface area (Å²) in [6.45, 7) is 7.99. The Morgan fingerprint density at radius 2 is 1.64 bits per heavy atom. The van der Waals surface area contributed by atoms with Crippen molar-refractivity contribution in [2.75, 3.05) is 11.5 Å². The van der Waals surface area contributed by atoms with Gasteiger partial charge in [0, 0.05) is 63.3 Å². The Kier molecular flexibility index (Phi) is 8.55. The Morgan fingerprint density at radius 3 is 2.27 bits per heavy atom. The molecule has 0 aromatic carbocycles. The number of nitrogens with one attached hydrogen (secondary N) is 4. The van der Waals surface area contributed by atoms with Crippen LogP contribution in [0.3, 0.4) is 0 Å². The summed E-state index contributed by atoms with van der Waals surface area (Å²) in [5.74, 6) is 0.610. The van der Waals surface area contributed by atoms with Crippen molar-refractivity contribution in [3.63, 3.8) is 0 Å². The summed E-state index contributed by atoms with van der Waals surface area (Å²) in [5.41, 5.74) is 7.04. The molecule has 7 N–H and O–H groups in total. The smallest absolute Gasteiger partial charge is 0.363 e. The molecule has 5 atom stereocenters. The topological polar surface area (TPSA) is 169 Å². The Labute approximate surface area is 269 Å². The van der Waals surface area contributed by atoms with Crippen molar-refractivity contribution in [2.24, 2.45) is 17.8 Å². The van der Waals surface area contributed by atoms with E-state index in [0.717, 1.165) is 67.1 Å². The predicted octanol–water partition coefficient (Wildman–Crippen LogP) is 0.580. The van der Waals surface area contributed by atoms with E-state index in [4.69, 9.17) is 0 Å². The number of hydrogen-bond donors (Lipinski definition) is 7. The number of aromatic amines is 2. The number of aromatic nitrogens is 2. The van der Waals surface area contributed by atoms with Gasteiger partial charge in [-0.25, -0.2) is 4.99 Å². The lowest BCUT2D eigenvalue weighted by Crippen LogP contribution is -2.76. The number of carboxylic acids is 2. The van der Waals surface area contributed by atoms with E-state index in [2.05, 4.69) is 33.3 Å². The van der Waals surface area contributed by atoms with Gasteiger partial charge in [-0.1, -0.05) is 13.8 Å². The van der Waals surface area contributed by atoms with Crippen molar-refractivity contribution in [3.8, 4) is 0 Å². The van der Waals surface area contributed by atoms with Gasteiger partial charge in [0.05, 0.1) is 17.4 Å². The van der Waals surface area contributed by atoms with Gasteiger partial charge in [-0.3, -0.25) is 14.4 Å². The van der Waals surface area contributed by atoms with Crippen molar-refractivity contribution >= 4 is 65.5 Å². The van der Waals surface area contributed by atoms with E-state index in [1.165, 1.54) is 16.7 Å². The van der Waals surface area contributed by atoms with E-state index in [1.807, 2.05) is 32.9 Å². The molecule has 1 unspecified atom stereocenters. The molecule has 4 aliphatic heterocycles. The van der Waals surface area contributed by atoms with Gasteiger partial charge in [0.15, 0.2) is 17.0 Å². The normalized spacial score (nSPS) is 29.1. The van der Waals surface area contributed by atoms with Crippen LogP contribution < -0.4 is 21.0 Å². The average molecular weight is 653 g/mol. The van der Waals surface area contributed by atoms with Crippen molar-refractivity contribution in [2.45, 2.75) is 64.7 Å². The molecule has 6 rings (SSSR count). The largest absolute Gasteiger partial charge is 0.481 e. The zero-order valence-electron chi connectivity index (χ0n) is 25.8. The molecule has 3 saturated heterocycles. The molecule has 12 heteroatoms. The molecule has 2 aromatic rings. The van der Waals surface area contributed by atoms with Gasteiger partial charge in [-0.15, -0.1) is 11.8 Å². The van der Waals surface area contributed by atoms with Crippen molar-refractivity contribution in [1.29, 1.82) is 0 Å². The molecule has 10 nitrogen and oxygen atoms in total. The molecule has 6 heterocycles. The van der Waals surface area contributed by atoms with Crippen LogP contribution in [0.1, 0.15) is 60.3 Å². The van der Waals surface area contributed by atoms with Crippen molar-refractivity contribution in [3.05, 3.63) is 60.5 Å². The molecule has 2 aromatic heterocycles. The highest BCUT2D eigenvalue weighted by Crippen LogP contribution is 2.42. The van der Waals surface area contributed by atoms with Crippen LogP contribution in [0.25, 0.3) is 18.2 Å². The predicted molar refractivity (Wildman–Crippen MR) is 177 cm³/mol. The summed E-state index contributed by atoms with van der Waals surface area (Å²) in [4.78, 5) is 47.2. The van der Waals surface area contributed by atoms with Gasteiger partial charge >= 0.3 is 17.8 Å². The molecule has 1 amide bonds. The first-order valence-electron chi connectivity index (χ1n) is 15.4. The van der Waals surface area contributed by atoms with Gasteiger partial charge in [0.25, 0.3) is 0 Å². The third-order valence-electron chi connectivity index (χ3n) is 9.54. The minimum absolute atomic E-state index is 0.0281. The molecule has 0 saturated carbocycles. The van der Waals surface area contributed by atoms with Crippen LogP contribution in [0, 0.1) is 31.6 Å². The number of carbonyl (C=O) groups is 3. The third-order valence-corrected chi connectivity index (χ3v) is 11.4. The molecular formula is C33H40N4O6S2+2. The number of thioether (sulfide) groups is 1. The maximum absolute atomic E-state index is 12.6. The fourth-order valence-electron chi connectivity index (χ4n) is 6.75. The second-order valence-corrected chi connectivity index (χ2v) is 14.9. The first-order valence-corrected chi connectivity index (χ1v) is 17.5. The molecule has 238 valence electrons. The van der Waals surface area contributed by atoms with E-state index >= 15 is 0 Å². The quantitative estimate of drug-likeness (QED) is 0.112. The van der Waals surface area contributed by atoms with Crippen molar-refractivity contribution in [1.82, 2.24) is 15.3 Å². The molecule has 0 aliphatic carbocycles. The third kappa shape index (κ3) is 6.40. The van der Waals surface area contributed by atoms with E-state index < -0.39 is 11.9 Å². The van der Waals surface area contributed by atoms with Crippen LogP contribution in [0.15, 0.2) is 16.2 Å². The van der Waals surface area contributed by atoms with Crippen LogP contribution in [0.4, 0.5) is 0 Å². The number of amides is 1. The minimum Gasteiger partial charge on any atom is -0.481 e. The fourth-order valence-corrected chi connectivity index (χ4v) is 8.42. The van der Waals surface area contributed by atoms with Crippen molar-refractivity contribution < 1.29 is 34.7 Å². The number of allylic oxidation sites excluding steroid dienone is 1. The SMILES string of the molecule is Cc1c(/C=C2\NC(=O)[C@H](C)[C@H]2[C@@H]2C[SH+]2)[nH]c(/C=c2/[nH]/c(=C/[C@H]3[NH+]=C(O)/C(=C4\CS4)C3C)c(C)c2CCC(=O)O)c1CCC(=O)O. The van der Waals surface area contributed by atoms with E-state index in [-0.39, 0.29) is 48.4 Å². The Bertz CT molecular complexity index is 1810. The lowest BCUT2D eigenvalue weighted by molar-refractivity contribution is -0.487. The monoisotopic (exact) mass is 652 g/mol. The maximum atomic E-state index is 12.6. The summed E-state index contributed by atoms with van der Waals surface area (Å²) in [7, 11) is 0. The Balaban J connectivity index is 1.45. The summed E-state index contributed by atoms with van der Waals surface area (Å²) in [6, 6.07) is -0.133. The van der Waals surface area contributed by atoms with E-state index in [0.29, 0.717) is 18.1 Å². The van der Waals surface area contributed by atoms with Gasteiger partial charge < -0.3 is 30.6 Å². The van der Waals surface area contributed by atoms with E-state index in [1.54, 1.807) is 11.8 Å². The first-order chi connectivity index (χ1) is 21.4. The molecule has 0 radical (unpaired) electrons. The molecular weight excluding hydrogens is 613 g/mol. The molecule has 45 heavy (non-hydrogen) atoms. The summed E-state index contributed by atoms with van der Waals surface area (Å²) in [5, 5.41) is 34.7. The number of carboxylic acid groups (broad SMARTS) is 2. The highest BCUT2D eigenvalue weighted by molar-refractivity contribution is 8.11. The summed E-state index contributed by atoms with van der Waals surface area (Å²) >= 11 is 3.10. The highest BCUT2D eigenvalue weighted by Gasteiger charge is 2.52. The highest BCUT2D eigenvalue weighted by atomic mass is 32.2. The second kappa shape index (κ2) is 12.3. The fraction of sp³-hybridized carbons (Fsp3) is 0.455. The van der Waals surface area contributed by atoms with Crippen LogP contribution >= 0.6 is 11.8 Å². The number of aliphatic hydroxyl groups excluding tert-OH is 1. The van der Waals surface area contributed by atoms with Crippen LogP contribution in [-0.2, 0) is 39.0 Å². The second-order valence-electron chi connectivity index (χ2n) is 12.5. The molecule has 0 spiro atoms. The number of aliphatic carboxylic acids is 2. The van der Waals surface area contributed by atoms with Crippen LogP contribution in [-0.4, -0.2) is 71.8 Å². The van der Waals surface area contributed by atoms with Crippen LogP contribution in [0.5, 0.6) is 0 Å². The number of H-pyrrole nitrogens is 2. The number of carbonyl (C=O) groups excluding carboxylic acids is 1. The summed E-state index contributed by atoms with van der Waals surface area (Å²) in [6.07, 6.45) is 6.57. The van der Waals surface area contributed by atoms with Gasteiger partial charge in [-0.05, 0) is 72.9 Å². The Hall–Kier alpha value is -3.64. The Morgan fingerprint density at radius 1 is 0.978 bits per heavy atom. The zero-order valence-corrected chi connectivity index (χ0v) is 27.5. The maximum Gasteiger partial charge on any atom is 0.363 e. The number of thiol groups is 1. The number of rotatable bonds is 10. The minimum atomic E-state index is -0.891.